The zero-order chi connectivity index (χ0) is 16.9. The van der Waals surface area contributed by atoms with E-state index in [0.29, 0.717) is 18.5 Å². The Balaban J connectivity index is 0.00000225. The second kappa shape index (κ2) is 9.06. The van der Waals surface area contributed by atoms with Gasteiger partial charge < -0.3 is 21.3 Å². The Morgan fingerprint density at radius 1 is 1.20 bits per heavy atom. The number of benzene rings is 1. The summed E-state index contributed by atoms with van der Waals surface area (Å²) in [6, 6.07) is 8.05. The number of rotatable bonds is 6. The van der Waals surface area contributed by atoms with Crippen LogP contribution in [-0.2, 0) is 4.79 Å². The molecule has 2 fully saturated rings. The molecule has 1 saturated heterocycles. The topological polar surface area (TPSA) is 82.3 Å². The smallest absolute Gasteiger partial charge is 0.319 e. The second-order valence-electron chi connectivity index (χ2n) is 6.78. The van der Waals surface area contributed by atoms with Gasteiger partial charge in [0.1, 0.15) is 0 Å². The van der Waals surface area contributed by atoms with Crippen LogP contribution >= 0.6 is 12.4 Å². The van der Waals surface area contributed by atoms with Crippen molar-refractivity contribution >= 4 is 30.0 Å². The summed E-state index contributed by atoms with van der Waals surface area (Å²) >= 11 is 0. The summed E-state index contributed by atoms with van der Waals surface area (Å²) in [7, 11) is 0. The van der Waals surface area contributed by atoms with Crippen LogP contribution in [0.15, 0.2) is 24.3 Å². The summed E-state index contributed by atoms with van der Waals surface area (Å²) in [5.74, 6) is 0.0768. The number of halogens is 1. The predicted molar refractivity (Wildman–Crippen MR) is 101 cm³/mol. The Labute approximate surface area is 154 Å². The Bertz CT molecular complexity index is 583. The van der Waals surface area contributed by atoms with Gasteiger partial charge in [-0.05, 0) is 56.8 Å². The maximum Gasteiger partial charge on any atom is 0.319 e. The van der Waals surface area contributed by atoms with E-state index in [0.717, 1.165) is 43.5 Å². The molecule has 1 saturated carbocycles. The van der Waals surface area contributed by atoms with Crippen molar-refractivity contribution in [1.29, 1.82) is 0 Å². The first-order chi connectivity index (χ1) is 11.6. The van der Waals surface area contributed by atoms with Gasteiger partial charge in [0.2, 0.25) is 5.91 Å². The molecule has 1 aliphatic carbocycles. The van der Waals surface area contributed by atoms with Crippen molar-refractivity contribution in [1.82, 2.24) is 16.0 Å². The van der Waals surface area contributed by atoms with Crippen LogP contribution in [-0.4, -0.2) is 30.6 Å². The normalized spacial score (nSPS) is 20.3. The van der Waals surface area contributed by atoms with Crippen LogP contribution in [0.5, 0.6) is 0 Å². The van der Waals surface area contributed by atoms with Gasteiger partial charge in [-0.15, -0.1) is 12.4 Å². The first kappa shape index (κ1) is 19.5. The molecule has 1 aromatic rings. The standard InChI is InChI=1S/C18H26N4O2.ClH/c1-12(20-17(23)11-16-3-2-10-19-16)13-4-6-14(7-5-13)21-18(24)22-15-8-9-15;/h4-7,12,15-16,19H,2-3,8-11H2,1H3,(H,20,23)(H2,21,22,24);1H. The maximum atomic E-state index is 12.1. The fourth-order valence-corrected chi connectivity index (χ4v) is 2.97. The number of anilines is 1. The third-order valence-electron chi connectivity index (χ3n) is 4.55. The largest absolute Gasteiger partial charge is 0.350 e. The van der Waals surface area contributed by atoms with Crippen LogP contribution in [0.2, 0.25) is 0 Å². The van der Waals surface area contributed by atoms with Gasteiger partial charge in [-0.3, -0.25) is 4.79 Å². The van der Waals surface area contributed by atoms with Gasteiger partial charge in [0, 0.05) is 24.2 Å². The number of urea groups is 1. The molecule has 3 amide bonds. The molecule has 3 rings (SSSR count). The van der Waals surface area contributed by atoms with E-state index in [-0.39, 0.29) is 30.4 Å². The summed E-state index contributed by atoms with van der Waals surface area (Å²) in [4.78, 5) is 23.8. The lowest BCUT2D eigenvalue weighted by molar-refractivity contribution is -0.122. The third-order valence-corrected chi connectivity index (χ3v) is 4.55. The highest BCUT2D eigenvalue weighted by atomic mass is 35.5. The first-order valence-corrected chi connectivity index (χ1v) is 8.80. The van der Waals surface area contributed by atoms with Crippen LogP contribution in [0.3, 0.4) is 0 Å². The molecule has 6 nitrogen and oxygen atoms in total. The summed E-state index contributed by atoms with van der Waals surface area (Å²) in [6.07, 6.45) is 4.90. The lowest BCUT2D eigenvalue weighted by Crippen LogP contribution is -2.33. The number of carbonyl (C=O) groups excluding carboxylic acids is 2. The zero-order valence-corrected chi connectivity index (χ0v) is 15.3. The molecular formula is C18H27ClN4O2. The molecule has 7 heteroatoms. The van der Waals surface area contributed by atoms with Crippen LogP contribution in [0.25, 0.3) is 0 Å². The molecule has 1 heterocycles. The third kappa shape index (κ3) is 6.21. The molecular weight excluding hydrogens is 340 g/mol. The molecule has 138 valence electrons. The van der Waals surface area contributed by atoms with E-state index in [2.05, 4.69) is 21.3 Å². The molecule has 2 atom stereocenters. The number of hydrogen-bond acceptors (Lipinski definition) is 3. The highest BCUT2D eigenvalue weighted by Gasteiger charge is 2.23. The Hall–Kier alpha value is -1.79. The van der Waals surface area contributed by atoms with Crippen molar-refractivity contribution in [3.05, 3.63) is 29.8 Å². The van der Waals surface area contributed by atoms with Gasteiger partial charge in [-0.2, -0.15) is 0 Å². The van der Waals surface area contributed by atoms with E-state index in [1.54, 1.807) is 0 Å². The molecule has 4 N–H and O–H groups in total. The summed E-state index contributed by atoms with van der Waals surface area (Å²) < 4.78 is 0. The molecule has 0 aromatic heterocycles. The fraction of sp³-hybridized carbons (Fsp3) is 0.556. The van der Waals surface area contributed by atoms with Crippen LogP contribution < -0.4 is 21.3 Å². The van der Waals surface area contributed by atoms with Gasteiger partial charge in [-0.1, -0.05) is 12.1 Å². The van der Waals surface area contributed by atoms with E-state index in [1.165, 1.54) is 0 Å². The van der Waals surface area contributed by atoms with Gasteiger partial charge in [0.25, 0.3) is 0 Å². The molecule has 0 radical (unpaired) electrons. The van der Waals surface area contributed by atoms with E-state index < -0.39 is 0 Å². The minimum absolute atomic E-state index is 0. The summed E-state index contributed by atoms with van der Waals surface area (Å²) in [6.45, 7) is 2.98. The highest BCUT2D eigenvalue weighted by Crippen LogP contribution is 2.20. The van der Waals surface area contributed by atoms with E-state index in [4.69, 9.17) is 0 Å². The molecule has 0 spiro atoms. The Morgan fingerprint density at radius 2 is 1.92 bits per heavy atom. The zero-order valence-electron chi connectivity index (χ0n) is 14.5. The predicted octanol–water partition coefficient (Wildman–Crippen LogP) is 2.71. The van der Waals surface area contributed by atoms with Gasteiger partial charge in [0.05, 0.1) is 6.04 Å². The molecule has 2 aliphatic rings. The number of amides is 3. The maximum absolute atomic E-state index is 12.1. The molecule has 2 unspecified atom stereocenters. The Kier molecular flexibility index (Phi) is 7.08. The van der Waals surface area contributed by atoms with E-state index >= 15 is 0 Å². The van der Waals surface area contributed by atoms with Crippen molar-refractivity contribution in [2.45, 2.75) is 57.2 Å². The lowest BCUT2D eigenvalue weighted by Gasteiger charge is -2.17. The van der Waals surface area contributed by atoms with Crippen molar-refractivity contribution in [2.24, 2.45) is 0 Å². The number of hydrogen-bond donors (Lipinski definition) is 4. The van der Waals surface area contributed by atoms with E-state index in [9.17, 15) is 9.59 Å². The number of nitrogens with one attached hydrogen (secondary N) is 4. The molecule has 1 aliphatic heterocycles. The van der Waals surface area contributed by atoms with Crippen molar-refractivity contribution in [3.63, 3.8) is 0 Å². The summed E-state index contributed by atoms with van der Waals surface area (Å²) in [5.41, 5.74) is 1.78. The monoisotopic (exact) mass is 366 g/mol. The average molecular weight is 367 g/mol. The van der Waals surface area contributed by atoms with Crippen molar-refractivity contribution < 1.29 is 9.59 Å². The van der Waals surface area contributed by atoms with Crippen LogP contribution in [0.4, 0.5) is 10.5 Å². The van der Waals surface area contributed by atoms with E-state index in [1.807, 2.05) is 31.2 Å². The van der Waals surface area contributed by atoms with Crippen molar-refractivity contribution in [2.75, 3.05) is 11.9 Å². The minimum Gasteiger partial charge on any atom is -0.350 e. The van der Waals surface area contributed by atoms with Gasteiger partial charge in [-0.25, -0.2) is 4.79 Å². The second-order valence-corrected chi connectivity index (χ2v) is 6.78. The molecule has 0 bridgehead atoms. The quantitative estimate of drug-likeness (QED) is 0.624. The van der Waals surface area contributed by atoms with Gasteiger partial charge in [0.15, 0.2) is 0 Å². The molecule has 25 heavy (non-hydrogen) atoms. The van der Waals surface area contributed by atoms with Crippen LogP contribution in [0.1, 0.15) is 50.6 Å². The van der Waals surface area contributed by atoms with Crippen molar-refractivity contribution in [3.8, 4) is 0 Å². The number of carbonyl (C=O) groups is 2. The summed E-state index contributed by atoms with van der Waals surface area (Å²) in [5, 5.41) is 12.1. The van der Waals surface area contributed by atoms with Gasteiger partial charge >= 0.3 is 6.03 Å². The van der Waals surface area contributed by atoms with Crippen LogP contribution in [0, 0.1) is 0 Å². The SMILES string of the molecule is CC(NC(=O)CC1CCCN1)c1ccc(NC(=O)NC2CC2)cc1.Cl. The highest BCUT2D eigenvalue weighted by molar-refractivity contribution is 5.89. The lowest BCUT2D eigenvalue weighted by atomic mass is 10.1. The minimum atomic E-state index is -0.157. The average Bonchev–Trinajstić information content (AvgIpc) is 3.20. The fourth-order valence-electron chi connectivity index (χ4n) is 2.97. The molecule has 1 aromatic carbocycles. The first-order valence-electron chi connectivity index (χ1n) is 8.80. The Morgan fingerprint density at radius 3 is 2.52 bits per heavy atom.